The topological polar surface area (TPSA) is 125 Å². The van der Waals surface area contributed by atoms with Gasteiger partial charge in [-0.1, -0.05) is 18.2 Å². The molecule has 2 aromatic rings. The highest BCUT2D eigenvalue weighted by atomic mass is 32.2. The third-order valence-electron chi connectivity index (χ3n) is 3.12. The van der Waals surface area contributed by atoms with E-state index in [1.807, 2.05) is 6.07 Å². The summed E-state index contributed by atoms with van der Waals surface area (Å²) in [5.74, 6) is 0. The van der Waals surface area contributed by atoms with E-state index in [1.54, 1.807) is 24.3 Å². The van der Waals surface area contributed by atoms with Crippen LogP contribution in [0.3, 0.4) is 0 Å². The largest absolute Gasteiger partial charge is 0.380 e. The highest BCUT2D eigenvalue weighted by molar-refractivity contribution is 7.92. The summed E-state index contributed by atoms with van der Waals surface area (Å²) in [6.07, 6.45) is 1.06. The normalized spacial score (nSPS) is 10.7. The molecule has 0 aliphatic carbocycles. The molecule has 24 heavy (non-hydrogen) atoms. The molecule has 0 aliphatic rings. The van der Waals surface area contributed by atoms with Gasteiger partial charge in [0, 0.05) is 18.7 Å². The average Bonchev–Trinajstić information content (AvgIpc) is 2.52. The lowest BCUT2D eigenvalue weighted by molar-refractivity contribution is -0.384. The second-order valence-corrected chi connectivity index (χ2v) is 6.73. The molecule has 124 valence electrons. The fourth-order valence-corrected chi connectivity index (χ4v) is 2.66. The van der Waals surface area contributed by atoms with E-state index in [-0.39, 0.29) is 17.8 Å². The van der Waals surface area contributed by atoms with E-state index in [1.165, 1.54) is 18.2 Å². The molecule has 2 rings (SSSR count). The Labute approximate surface area is 138 Å². The number of hydrogen-bond acceptors (Lipinski definition) is 6. The molecule has 0 radical (unpaired) electrons. The molecule has 0 unspecified atom stereocenters. The first-order valence-corrected chi connectivity index (χ1v) is 8.67. The second-order valence-electron chi connectivity index (χ2n) is 4.98. The zero-order valence-corrected chi connectivity index (χ0v) is 13.5. The number of sulfonamides is 1. The van der Waals surface area contributed by atoms with Crippen molar-refractivity contribution < 1.29 is 13.3 Å². The number of para-hydroxylation sites is 1. The molecule has 2 aromatic carbocycles. The van der Waals surface area contributed by atoms with Crippen LogP contribution < -0.4 is 10.0 Å². The lowest BCUT2D eigenvalue weighted by Gasteiger charge is -2.13. The van der Waals surface area contributed by atoms with Gasteiger partial charge in [0.05, 0.1) is 28.1 Å². The Balaban J connectivity index is 2.23. The summed E-state index contributed by atoms with van der Waals surface area (Å²) in [7, 11) is -3.42. The maximum Gasteiger partial charge on any atom is 0.270 e. The summed E-state index contributed by atoms with van der Waals surface area (Å²) >= 11 is 0. The van der Waals surface area contributed by atoms with Crippen LogP contribution in [0.4, 0.5) is 17.1 Å². The summed E-state index contributed by atoms with van der Waals surface area (Å²) < 4.78 is 25.2. The van der Waals surface area contributed by atoms with Gasteiger partial charge in [0.1, 0.15) is 6.07 Å². The van der Waals surface area contributed by atoms with Gasteiger partial charge >= 0.3 is 0 Å². The van der Waals surface area contributed by atoms with E-state index in [0.29, 0.717) is 16.9 Å². The third kappa shape index (κ3) is 4.44. The maximum atomic E-state index is 11.4. The summed E-state index contributed by atoms with van der Waals surface area (Å²) in [5, 5.41) is 22.9. The van der Waals surface area contributed by atoms with Crippen LogP contribution in [0.15, 0.2) is 42.5 Å². The first-order valence-electron chi connectivity index (χ1n) is 6.78. The summed E-state index contributed by atoms with van der Waals surface area (Å²) in [6.45, 7) is 0.241. The first kappa shape index (κ1) is 17.2. The zero-order valence-electron chi connectivity index (χ0n) is 12.7. The second kappa shape index (κ2) is 6.97. The fourth-order valence-electron chi connectivity index (χ4n) is 2.06. The first-order chi connectivity index (χ1) is 11.3. The number of rotatable bonds is 6. The van der Waals surface area contributed by atoms with E-state index in [4.69, 9.17) is 5.26 Å². The van der Waals surface area contributed by atoms with Crippen LogP contribution in [0, 0.1) is 21.4 Å². The molecule has 0 spiro atoms. The van der Waals surface area contributed by atoms with Crippen molar-refractivity contribution in [3.05, 3.63) is 63.7 Å². The van der Waals surface area contributed by atoms with Gasteiger partial charge in [0.2, 0.25) is 10.0 Å². The van der Waals surface area contributed by atoms with Gasteiger partial charge < -0.3 is 5.32 Å². The third-order valence-corrected chi connectivity index (χ3v) is 3.71. The molecule has 0 saturated heterocycles. The van der Waals surface area contributed by atoms with Crippen molar-refractivity contribution in [2.45, 2.75) is 6.54 Å². The SMILES string of the molecule is CS(=O)(=O)Nc1ccccc1CNc1ccc([N+](=O)[O-])cc1C#N. The number of nitro groups is 1. The molecule has 2 N–H and O–H groups in total. The van der Waals surface area contributed by atoms with Crippen LogP contribution in [0.25, 0.3) is 0 Å². The molecule has 0 atom stereocenters. The predicted octanol–water partition coefficient (Wildman–Crippen LogP) is 2.45. The number of nitro benzene ring substituents is 1. The maximum absolute atomic E-state index is 11.4. The number of hydrogen-bond donors (Lipinski definition) is 2. The summed E-state index contributed by atoms with van der Waals surface area (Å²) in [4.78, 5) is 10.2. The number of non-ortho nitro benzene ring substituents is 1. The monoisotopic (exact) mass is 346 g/mol. The minimum absolute atomic E-state index is 0.137. The molecule has 0 fully saturated rings. The van der Waals surface area contributed by atoms with Crippen molar-refractivity contribution in [1.29, 1.82) is 5.26 Å². The fraction of sp³-hybridized carbons (Fsp3) is 0.133. The summed E-state index contributed by atoms with van der Waals surface area (Å²) in [5.41, 5.74) is 1.49. The average molecular weight is 346 g/mol. The quantitative estimate of drug-likeness (QED) is 0.611. The van der Waals surface area contributed by atoms with Gasteiger partial charge in [0.25, 0.3) is 5.69 Å². The van der Waals surface area contributed by atoms with Crippen molar-refractivity contribution in [1.82, 2.24) is 0 Å². The van der Waals surface area contributed by atoms with Gasteiger partial charge in [-0.2, -0.15) is 5.26 Å². The van der Waals surface area contributed by atoms with Crippen molar-refractivity contribution in [2.24, 2.45) is 0 Å². The highest BCUT2D eigenvalue weighted by Gasteiger charge is 2.12. The van der Waals surface area contributed by atoms with E-state index in [0.717, 1.165) is 6.26 Å². The van der Waals surface area contributed by atoms with Crippen LogP contribution in [0.5, 0.6) is 0 Å². The van der Waals surface area contributed by atoms with Gasteiger partial charge in [0.15, 0.2) is 0 Å². The van der Waals surface area contributed by atoms with Crippen molar-refractivity contribution in [3.63, 3.8) is 0 Å². The van der Waals surface area contributed by atoms with Crippen LogP contribution in [0.2, 0.25) is 0 Å². The highest BCUT2D eigenvalue weighted by Crippen LogP contribution is 2.23. The molecule has 0 aromatic heterocycles. The van der Waals surface area contributed by atoms with Crippen LogP contribution in [-0.2, 0) is 16.6 Å². The number of benzene rings is 2. The summed E-state index contributed by atoms with van der Waals surface area (Å²) in [6, 6.07) is 12.6. The minimum Gasteiger partial charge on any atom is -0.380 e. The van der Waals surface area contributed by atoms with Crippen molar-refractivity contribution >= 4 is 27.1 Å². The molecular weight excluding hydrogens is 332 g/mol. The van der Waals surface area contributed by atoms with Gasteiger partial charge in [-0.25, -0.2) is 8.42 Å². The van der Waals surface area contributed by atoms with Crippen LogP contribution >= 0.6 is 0 Å². The predicted molar refractivity (Wildman–Crippen MR) is 90.0 cm³/mol. The van der Waals surface area contributed by atoms with Crippen LogP contribution in [-0.4, -0.2) is 19.6 Å². The standard InChI is InChI=1S/C15H14N4O4S/c1-24(22,23)18-15-5-3-2-4-11(15)10-17-14-7-6-13(19(20)21)8-12(14)9-16/h2-8,17-18H,10H2,1H3. The van der Waals surface area contributed by atoms with Gasteiger partial charge in [-0.15, -0.1) is 0 Å². The lowest BCUT2D eigenvalue weighted by atomic mass is 10.1. The number of nitrogens with zero attached hydrogens (tertiary/aromatic N) is 2. The van der Waals surface area contributed by atoms with E-state index in [9.17, 15) is 18.5 Å². The lowest BCUT2D eigenvalue weighted by Crippen LogP contribution is -2.12. The van der Waals surface area contributed by atoms with Crippen LogP contribution in [0.1, 0.15) is 11.1 Å². The molecule has 9 heteroatoms. The number of nitriles is 1. The Morgan fingerprint density at radius 3 is 2.54 bits per heavy atom. The molecule has 0 saturated carbocycles. The Bertz CT molecular complexity index is 919. The smallest absolute Gasteiger partial charge is 0.270 e. The Morgan fingerprint density at radius 2 is 1.92 bits per heavy atom. The van der Waals surface area contributed by atoms with Gasteiger partial charge in [-0.05, 0) is 17.7 Å². The van der Waals surface area contributed by atoms with E-state index < -0.39 is 14.9 Å². The van der Waals surface area contributed by atoms with Crippen molar-refractivity contribution in [2.75, 3.05) is 16.3 Å². The van der Waals surface area contributed by atoms with Crippen molar-refractivity contribution in [3.8, 4) is 6.07 Å². The molecule has 0 amide bonds. The molecule has 0 heterocycles. The van der Waals surface area contributed by atoms with E-state index in [2.05, 4.69) is 10.0 Å². The Morgan fingerprint density at radius 1 is 1.21 bits per heavy atom. The minimum atomic E-state index is -3.42. The number of nitrogens with one attached hydrogen (secondary N) is 2. The molecular formula is C15H14N4O4S. The Hall–Kier alpha value is -3.12. The molecule has 8 nitrogen and oxygen atoms in total. The Kier molecular flexibility index (Phi) is 5.01. The number of anilines is 2. The van der Waals surface area contributed by atoms with Gasteiger partial charge in [-0.3, -0.25) is 14.8 Å². The molecule has 0 bridgehead atoms. The zero-order chi connectivity index (χ0) is 17.7. The molecule has 0 aliphatic heterocycles. The van der Waals surface area contributed by atoms with E-state index >= 15 is 0 Å².